The lowest BCUT2D eigenvalue weighted by Gasteiger charge is -2.01. The average Bonchev–Trinajstić information content (AvgIpc) is 2.47. The van der Waals surface area contributed by atoms with Crippen LogP contribution in [0.15, 0.2) is 17.4 Å². The second-order valence-corrected chi connectivity index (χ2v) is 4.57. The minimum absolute atomic E-state index is 0.947. The van der Waals surface area contributed by atoms with Crippen molar-refractivity contribution in [2.24, 2.45) is 0 Å². The maximum atomic E-state index is 4.41. The van der Waals surface area contributed by atoms with E-state index in [1.165, 1.54) is 0 Å². The predicted molar refractivity (Wildman–Crippen MR) is 65.7 cm³/mol. The van der Waals surface area contributed by atoms with Gasteiger partial charge in [-0.25, -0.2) is 4.98 Å². The van der Waals surface area contributed by atoms with Crippen molar-refractivity contribution in [2.75, 3.05) is 6.26 Å². The van der Waals surface area contributed by atoms with Crippen molar-refractivity contribution in [3.8, 4) is 0 Å². The summed E-state index contributed by atoms with van der Waals surface area (Å²) < 4.78 is 3.18. The smallest absolute Gasteiger partial charge is 0.170 e. The molecule has 0 spiro atoms. The summed E-state index contributed by atoms with van der Waals surface area (Å²) in [6.07, 6.45) is 5.88. The maximum absolute atomic E-state index is 4.41. The Morgan fingerprint density at radius 3 is 3.08 bits per heavy atom. The second kappa shape index (κ2) is 3.49. The third kappa shape index (κ3) is 1.57. The van der Waals surface area contributed by atoms with E-state index in [1.807, 2.05) is 26.5 Å². The van der Waals surface area contributed by atoms with Gasteiger partial charge in [-0.15, -0.1) is 11.8 Å². The van der Waals surface area contributed by atoms with Gasteiger partial charge >= 0.3 is 0 Å². The van der Waals surface area contributed by atoms with Gasteiger partial charge in [0.15, 0.2) is 13.5 Å². The fourth-order valence-electron chi connectivity index (χ4n) is 1.18. The molecule has 0 aliphatic heterocycles. The van der Waals surface area contributed by atoms with Gasteiger partial charge < -0.3 is 0 Å². The number of nitrogens with zero attached hydrogens (tertiary/aromatic N) is 3. The number of rotatable bonds is 1. The molecule has 0 aliphatic carbocycles. The number of aromatic nitrogens is 3. The molecule has 3 nitrogen and oxygen atoms in total. The van der Waals surface area contributed by atoms with Gasteiger partial charge in [0.05, 0.1) is 6.20 Å². The predicted octanol–water partition coefficient (Wildman–Crippen LogP) is 0.314. The molecular formula is C7H7BIN3S. The van der Waals surface area contributed by atoms with Crippen molar-refractivity contribution < 1.29 is 0 Å². The molecule has 66 valence electrons. The first-order valence-corrected chi connectivity index (χ1v) is 6.07. The largest absolute Gasteiger partial charge is 0.292 e. The van der Waals surface area contributed by atoms with Crippen LogP contribution in [0.5, 0.6) is 0 Å². The van der Waals surface area contributed by atoms with Crippen molar-refractivity contribution in [1.29, 1.82) is 0 Å². The molecule has 0 saturated heterocycles. The van der Waals surface area contributed by atoms with Gasteiger partial charge in [-0.3, -0.25) is 9.38 Å². The Balaban J connectivity index is 2.84. The van der Waals surface area contributed by atoms with Crippen LogP contribution >= 0.6 is 34.4 Å². The van der Waals surface area contributed by atoms with E-state index < -0.39 is 0 Å². The van der Waals surface area contributed by atoms with Crippen LogP contribution < -0.4 is 5.59 Å². The monoisotopic (exact) mass is 303 g/mol. The molecule has 2 rings (SSSR count). The molecule has 0 bridgehead atoms. The minimum atomic E-state index is 0.947. The third-order valence-electron chi connectivity index (χ3n) is 1.73. The van der Waals surface area contributed by atoms with Gasteiger partial charge in [-0.05, 0) is 28.8 Å². The summed E-state index contributed by atoms with van der Waals surface area (Å²) in [4.78, 5) is 8.71. The molecule has 0 amide bonds. The van der Waals surface area contributed by atoms with Crippen molar-refractivity contribution in [3.63, 3.8) is 0 Å². The summed E-state index contributed by atoms with van der Waals surface area (Å²) in [5.41, 5.74) is 1.97. The number of halogens is 1. The molecule has 2 heterocycles. The topological polar surface area (TPSA) is 30.2 Å². The van der Waals surface area contributed by atoms with E-state index in [4.69, 9.17) is 0 Å². The van der Waals surface area contributed by atoms with Crippen LogP contribution in [0.3, 0.4) is 0 Å². The molecular weight excluding hydrogens is 296 g/mol. The first kappa shape index (κ1) is 9.33. The Hall–Kier alpha value is -0.235. The maximum Gasteiger partial charge on any atom is 0.170 e. The van der Waals surface area contributed by atoms with Crippen LogP contribution in [-0.4, -0.2) is 28.5 Å². The molecule has 0 atom stereocenters. The van der Waals surface area contributed by atoms with Crippen LogP contribution in [-0.2, 0) is 0 Å². The standard InChI is InChI=1S/C7H7BIN3S/c1-13-7-6-10-2-5(9)12(6)3-4(8)11-7/h2-3H,8H2,1H3. The Bertz CT molecular complexity index is 456. The molecule has 13 heavy (non-hydrogen) atoms. The van der Waals surface area contributed by atoms with E-state index in [-0.39, 0.29) is 0 Å². The molecule has 2 aromatic heterocycles. The van der Waals surface area contributed by atoms with Crippen LogP contribution in [0.4, 0.5) is 0 Å². The van der Waals surface area contributed by atoms with Gasteiger partial charge in [-0.2, -0.15) is 0 Å². The number of hydrogen-bond acceptors (Lipinski definition) is 3. The molecule has 6 heteroatoms. The van der Waals surface area contributed by atoms with Crippen molar-refractivity contribution in [3.05, 3.63) is 16.1 Å². The lowest BCUT2D eigenvalue weighted by atomic mass is 10.1. The summed E-state index contributed by atoms with van der Waals surface area (Å²) in [5.74, 6) is 0. The number of hydrogen-bond donors (Lipinski definition) is 0. The zero-order valence-electron chi connectivity index (χ0n) is 7.28. The van der Waals surface area contributed by atoms with Crippen LogP contribution in [0.1, 0.15) is 0 Å². The molecule has 0 aromatic carbocycles. The summed E-state index contributed by atoms with van der Waals surface area (Å²) in [7, 11) is 2.00. The highest BCUT2D eigenvalue weighted by atomic mass is 127. The van der Waals surface area contributed by atoms with Crippen molar-refractivity contribution in [1.82, 2.24) is 14.4 Å². The van der Waals surface area contributed by atoms with E-state index in [0.717, 1.165) is 20.0 Å². The Morgan fingerprint density at radius 1 is 1.62 bits per heavy atom. The van der Waals surface area contributed by atoms with E-state index in [1.54, 1.807) is 11.8 Å². The van der Waals surface area contributed by atoms with E-state index in [2.05, 4.69) is 37.0 Å². The second-order valence-electron chi connectivity index (χ2n) is 2.67. The van der Waals surface area contributed by atoms with E-state index >= 15 is 0 Å². The van der Waals surface area contributed by atoms with Crippen LogP contribution in [0, 0.1) is 3.70 Å². The highest BCUT2D eigenvalue weighted by molar-refractivity contribution is 14.1. The molecule has 0 aliphatic rings. The van der Waals surface area contributed by atoms with Crippen LogP contribution in [0.25, 0.3) is 5.65 Å². The highest BCUT2D eigenvalue weighted by Crippen LogP contribution is 2.17. The SMILES string of the molecule is Bc1cn2c(I)cnc2c(SC)n1. The lowest BCUT2D eigenvalue weighted by molar-refractivity contribution is 1.05. The lowest BCUT2D eigenvalue weighted by Crippen LogP contribution is -2.12. The average molecular weight is 303 g/mol. The summed E-state index contributed by atoms with van der Waals surface area (Å²) >= 11 is 3.89. The fraction of sp³-hybridized carbons (Fsp3) is 0.143. The first-order chi connectivity index (χ1) is 6.22. The minimum Gasteiger partial charge on any atom is -0.292 e. The Morgan fingerprint density at radius 2 is 2.38 bits per heavy atom. The zero-order chi connectivity index (χ0) is 9.42. The van der Waals surface area contributed by atoms with Gasteiger partial charge in [-0.1, -0.05) is 0 Å². The number of fused-ring (bicyclic) bond motifs is 1. The van der Waals surface area contributed by atoms with Gasteiger partial charge in [0, 0.05) is 11.8 Å². The summed E-state index contributed by atoms with van der Waals surface area (Å²) in [6.45, 7) is 0. The number of imidazole rings is 1. The van der Waals surface area contributed by atoms with Gasteiger partial charge in [0.25, 0.3) is 0 Å². The number of thioether (sulfide) groups is 1. The van der Waals surface area contributed by atoms with E-state index in [0.29, 0.717) is 0 Å². The zero-order valence-corrected chi connectivity index (χ0v) is 10.3. The Labute approximate surface area is 94.9 Å². The molecule has 0 N–H and O–H groups in total. The van der Waals surface area contributed by atoms with Crippen molar-refractivity contribution >= 4 is 53.4 Å². The molecule has 2 aromatic rings. The van der Waals surface area contributed by atoms with Crippen molar-refractivity contribution in [2.45, 2.75) is 5.03 Å². The molecule has 0 fully saturated rings. The van der Waals surface area contributed by atoms with E-state index in [9.17, 15) is 0 Å². The van der Waals surface area contributed by atoms with Gasteiger partial charge in [0.1, 0.15) is 8.73 Å². The Kier molecular flexibility index (Phi) is 2.50. The molecule has 0 unspecified atom stereocenters. The normalized spacial score (nSPS) is 10.9. The van der Waals surface area contributed by atoms with Crippen LogP contribution in [0.2, 0.25) is 0 Å². The first-order valence-electron chi connectivity index (χ1n) is 3.76. The van der Waals surface area contributed by atoms with Gasteiger partial charge in [0.2, 0.25) is 0 Å². The molecule has 0 saturated carbocycles. The summed E-state index contributed by atoms with van der Waals surface area (Å²) in [5, 5.41) is 0.989. The fourth-order valence-corrected chi connectivity index (χ4v) is 2.26. The quantitative estimate of drug-likeness (QED) is 0.432. The highest BCUT2D eigenvalue weighted by Gasteiger charge is 2.06. The third-order valence-corrected chi connectivity index (χ3v) is 3.19. The summed E-state index contributed by atoms with van der Waals surface area (Å²) in [6, 6.07) is 0. The molecule has 0 radical (unpaired) electrons.